The first-order valence-electron chi connectivity index (χ1n) is 16.0. The number of amides is 4. The second-order valence-corrected chi connectivity index (χ2v) is 10.8. The molecular formula is C39H48N8O10. The van der Waals surface area contributed by atoms with Gasteiger partial charge < -0.3 is 14.1 Å². The lowest BCUT2D eigenvalue weighted by atomic mass is 10.1. The van der Waals surface area contributed by atoms with Crippen LogP contribution in [0, 0.1) is 10.1 Å². The van der Waals surface area contributed by atoms with Gasteiger partial charge in [0.2, 0.25) is 0 Å². The van der Waals surface area contributed by atoms with Crippen LogP contribution in [0.25, 0.3) is 22.1 Å². The van der Waals surface area contributed by atoms with Crippen molar-refractivity contribution in [3.8, 4) is 5.75 Å². The number of hydrogen-bond acceptors (Lipinski definition) is 13. The standard InChI is InChI=1S/C9H7NO3.C8H8N2.C7H7N3O.C7H7NO3.C5H7NO3.3CH4/c1-13-10-8(11)6-4-2-3-5-7(6)9(10)12;1-10-6-9-7-4-2-3-5-8(7)10;1-11-10-7-5-3-2-4-6(7)8-9-10;1-11-7-4-2-6(3-5-7)8(9)10;1-9-6-4(7)2-3-5(6)8;;;/h2-5H,1H3;2-6H,1H3;2*2-5H,1H3;2-3H2,1H3;3*1H4. The highest BCUT2D eigenvalue weighted by Crippen LogP contribution is 2.22. The summed E-state index contributed by atoms with van der Waals surface area (Å²) in [5.74, 6) is -0.674. The molecule has 0 N–H and O–H groups in total. The van der Waals surface area contributed by atoms with Crippen molar-refractivity contribution < 1.29 is 43.4 Å². The molecular weight excluding hydrogens is 740 g/mol. The largest absolute Gasteiger partial charge is 0.497 e. The summed E-state index contributed by atoms with van der Waals surface area (Å²) < 4.78 is 6.84. The monoisotopic (exact) mass is 788 g/mol. The first kappa shape index (κ1) is 48.0. The summed E-state index contributed by atoms with van der Waals surface area (Å²) in [6, 6.07) is 28.2. The highest BCUT2D eigenvalue weighted by Gasteiger charge is 2.35. The average Bonchev–Trinajstić information content (AvgIpc) is 3.96. The van der Waals surface area contributed by atoms with E-state index in [1.807, 2.05) is 60.4 Å². The number of imide groups is 2. The maximum Gasteiger partial charge on any atom is 0.285 e. The summed E-state index contributed by atoms with van der Waals surface area (Å²) in [6.07, 6.45) is 2.39. The van der Waals surface area contributed by atoms with Crippen LogP contribution in [0.5, 0.6) is 5.75 Å². The van der Waals surface area contributed by atoms with Gasteiger partial charge in [-0.2, -0.15) is 5.06 Å². The normalized spacial score (nSPS) is 12.1. The third-order valence-electron chi connectivity index (χ3n) is 7.54. The van der Waals surface area contributed by atoms with Crippen molar-refractivity contribution in [3.63, 3.8) is 0 Å². The number of para-hydroxylation sites is 3. The molecule has 0 atom stereocenters. The van der Waals surface area contributed by atoms with Crippen LogP contribution in [0.4, 0.5) is 5.69 Å². The number of imidazole rings is 1. The van der Waals surface area contributed by atoms with Gasteiger partial charge in [-0.3, -0.25) is 39.0 Å². The van der Waals surface area contributed by atoms with Crippen molar-refractivity contribution in [2.75, 3.05) is 28.4 Å². The molecule has 0 saturated carbocycles. The number of nitro groups is 1. The highest BCUT2D eigenvalue weighted by molar-refractivity contribution is 6.20. The number of non-ortho nitro benzene ring substituents is 1. The Balaban J connectivity index is 0.000000353. The number of fused-ring (bicyclic) bond motifs is 3. The summed E-state index contributed by atoms with van der Waals surface area (Å²) >= 11 is 0. The number of ether oxygens (including phenoxy) is 1. The maximum absolute atomic E-state index is 11.4. The van der Waals surface area contributed by atoms with Crippen molar-refractivity contribution >= 4 is 51.4 Å². The smallest absolute Gasteiger partial charge is 0.285 e. The third kappa shape index (κ3) is 12.0. The lowest BCUT2D eigenvalue weighted by Gasteiger charge is -2.07. The topological polar surface area (TPSA) is 203 Å². The van der Waals surface area contributed by atoms with Gasteiger partial charge in [0, 0.05) is 32.0 Å². The van der Waals surface area contributed by atoms with Crippen molar-refractivity contribution in [1.29, 1.82) is 0 Å². The lowest BCUT2D eigenvalue weighted by Crippen LogP contribution is -2.28. The molecule has 2 aliphatic heterocycles. The summed E-state index contributed by atoms with van der Waals surface area (Å²) in [5.41, 5.74) is 4.84. The number of carbonyl (C=O) groups excluding carboxylic acids is 4. The minimum Gasteiger partial charge on any atom is -0.497 e. The van der Waals surface area contributed by atoms with Crippen molar-refractivity contribution in [1.82, 2.24) is 34.8 Å². The van der Waals surface area contributed by atoms with Crippen LogP contribution >= 0.6 is 0 Å². The first-order chi connectivity index (χ1) is 26.0. The van der Waals surface area contributed by atoms with Gasteiger partial charge in [0.05, 0.1) is 54.7 Å². The molecule has 4 heterocycles. The van der Waals surface area contributed by atoms with Gasteiger partial charge in [-0.25, -0.2) is 4.98 Å². The number of nitro benzene ring substituents is 1. The average molecular weight is 789 g/mol. The van der Waals surface area contributed by atoms with E-state index in [-0.39, 0.29) is 52.6 Å². The van der Waals surface area contributed by atoms with Gasteiger partial charge in [0.25, 0.3) is 29.3 Å². The quantitative estimate of drug-likeness (QED) is 0.110. The number of hydroxylamine groups is 4. The van der Waals surface area contributed by atoms with Gasteiger partial charge in [-0.15, -0.1) is 10.2 Å². The predicted octanol–water partition coefficient (Wildman–Crippen LogP) is 6.12. The van der Waals surface area contributed by atoms with Gasteiger partial charge in [0.15, 0.2) is 0 Å². The molecule has 2 aromatic heterocycles. The Kier molecular flexibility index (Phi) is 19.4. The van der Waals surface area contributed by atoms with E-state index in [2.05, 4.69) is 31.0 Å². The van der Waals surface area contributed by atoms with Crippen LogP contribution < -0.4 is 9.57 Å². The summed E-state index contributed by atoms with van der Waals surface area (Å²) in [5, 5.41) is 19.3. The van der Waals surface area contributed by atoms with Gasteiger partial charge in [-0.1, -0.05) is 63.5 Å². The molecule has 1 fully saturated rings. The number of methoxy groups -OCH3 is 1. The van der Waals surface area contributed by atoms with Crippen LogP contribution in [-0.4, -0.2) is 91.8 Å². The molecule has 57 heavy (non-hydrogen) atoms. The number of hydrogen-bond donors (Lipinski definition) is 0. The molecule has 18 nitrogen and oxygen atoms in total. The second-order valence-electron chi connectivity index (χ2n) is 10.8. The molecule has 0 bridgehead atoms. The molecule has 4 aromatic carbocycles. The lowest BCUT2D eigenvalue weighted by molar-refractivity contribution is -0.384. The molecule has 0 unspecified atom stereocenters. The fourth-order valence-electron chi connectivity index (χ4n) is 4.86. The van der Waals surface area contributed by atoms with E-state index >= 15 is 0 Å². The molecule has 4 amide bonds. The predicted molar refractivity (Wildman–Crippen MR) is 213 cm³/mol. The number of carbonyl (C=O) groups is 4. The minimum absolute atomic E-state index is 0. The Bertz CT molecular complexity index is 2190. The molecule has 304 valence electrons. The van der Waals surface area contributed by atoms with Crippen molar-refractivity contribution in [3.05, 3.63) is 125 Å². The number of benzene rings is 4. The van der Waals surface area contributed by atoms with Crippen LogP contribution in [0.3, 0.4) is 0 Å². The zero-order chi connectivity index (χ0) is 39.2. The van der Waals surface area contributed by atoms with Gasteiger partial charge in [-0.05, 0) is 53.7 Å². The van der Waals surface area contributed by atoms with E-state index in [1.165, 1.54) is 43.8 Å². The first-order valence-corrected chi connectivity index (χ1v) is 16.0. The molecule has 18 heteroatoms. The fraction of sp³-hybridized carbons (Fsp3) is 0.256. The Labute approximate surface area is 330 Å². The van der Waals surface area contributed by atoms with E-state index < -0.39 is 16.7 Å². The van der Waals surface area contributed by atoms with Crippen LogP contribution in [0.2, 0.25) is 0 Å². The van der Waals surface area contributed by atoms with Crippen LogP contribution in [-0.2, 0) is 26.3 Å². The summed E-state index contributed by atoms with van der Waals surface area (Å²) in [4.78, 5) is 73.3. The Hall–Kier alpha value is -7.05. The van der Waals surface area contributed by atoms with Gasteiger partial charge >= 0.3 is 0 Å². The van der Waals surface area contributed by atoms with Gasteiger partial charge in [0.1, 0.15) is 23.9 Å². The minimum atomic E-state index is -0.445. The van der Waals surface area contributed by atoms with Crippen molar-refractivity contribution in [2.24, 2.45) is 7.05 Å². The zero-order valence-corrected chi connectivity index (χ0v) is 29.9. The molecule has 6 aromatic rings. The summed E-state index contributed by atoms with van der Waals surface area (Å²) in [7, 11) is 7.67. The SMILES string of the molecule is C.C.C.CON1C(=O)CCC1=O.CON1C(=O)c2ccccc2C1=O.COc1ccc([N+](=O)[O-])cc1.COn1nnc2ccccc21.Cn1cnc2ccccc21. The summed E-state index contributed by atoms with van der Waals surface area (Å²) in [6.45, 7) is 0. The van der Waals surface area contributed by atoms with Crippen LogP contribution in [0.1, 0.15) is 55.8 Å². The number of aryl methyl sites for hydroxylation is 1. The maximum atomic E-state index is 11.4. The molecule has 8 rings (SSSR count). The zero-order valence-electron chi connectivity index (χ0n) is 29.9. The van der Waals surface area contributed by atoms with Crippen LogP contribution in [0.15, 0.2) is 103 Å². The highest BCUT2D eigenvalue weighted by atomic mass is 16.7. The van der Waals surface area contributed by atoms with E-state index in [0.29, 0.717) is 16.9 Å². The Morgan fingerprint density at radius 3 is 1.58 bits per heavy atom. The molecule has 2 aliphatic rings. The van der Waals surface area contributed by atoms with E-state index in [0.717, 1.165) is 26.7 Å². The molecule has 0 radical (unpaired) electrons. The third-order valence-corrected chi connectivity index (χ3v) is 7.54. The Morgan fingerprint density at radius 2 is 1.12 bits per heavy atom. The number of rotatable bonds is 5. The fourth-order valence-corrected chi connectivity index (χ4v) is 4.86. The van der Waals surface area contributed by atoms with E-state index in [4.69, 9.17) is 9.57 Å². The van der Waals surface area contributed by atoms with E-state index in [1.54, 1.807) is 43.5 Å². The second kappa shape index (κ2) is 23.0. The number of aromatic nitrogens is 5. The van der Waals surface area contributed by atoms with E-state index in [9.17, 15) is 29.3 Å². The molecule has 0 spiro atoms. The van der Waals surface area contributed by atoms with Crippen molar-refractivity contribution in [2.45, 2.75) is 35.1 Å². The molecule has 0 aliphatic carbocycles. The molecule has 1 saturated heterocycles. The number of nitrogens with zero attached hydrogens (tertiary/aromatic N) is 8. The Morgan fingerprint density at radius 1 is 0.632 bits per heavy atom.